The van der Waals surface area contributed by atoms with Crippen molar-refractivity contribution < 1.29 is 0 Å². The van der Waals surface area contributed by atoms with E-state index >= 15 is 0 Å². The quantitative estimate of drug-likeness (QED) is 0.384. The van der Waals surface area contributed by atoms with Gasteiger partial charge in [-0.2, -0.15) is 0 Å². The topological polar surface area (TPSA) is 12.9 Å². The van der Waals surface area contributed by atoms with E-state index in [1.165, 1.54) is 38.8 Å². The number of rotatable bonds is 4. The molecule has 0 unspecified atom stereocenters. The Bertz CT molecular complexity index is 1090. The molecule has 0 amide bonds. The molecule has 0 N–H and O–H groups in total. The van der Waals surface area contributed by atoms with E-state index in [4.69, 9.17) is 4.98 Å². The second kappa shape index (κ2) is 7.59. The number of benzene rings is 3. The first-order valence-corrected chi connectivity index (χ1v) is 9.49. The minimum absolute atomic E-state index is 0.999. The SMILES string of the molecule is CC/C=C(/c1ccccc1)c1ccc2c(-c3ccccc3)ccnc2c1C. The number of aryl methyl sites for hydroxylation is 1. The monoisotopic (exact) mass is 349 g/mol. The van der Waals surface area contributed by atoms with Gasteiger partial charge in [0, 0.05) is 11.6 Å². The third-order valence-electron chi connectivity index (χ3n) is 5.03. The van der Waals surface area contributed by atoms with E-state index in [2.05, 4.69) is 98.8 Å². The van der Waals surface area contributed by atoms with Gasteiger partial charge in [0.25, 0.3) is 0 Å². The minimum Gasteiger partial charge on any atom is -0.256 e. The van der Waals surface area contributed by atoms with Crippen LogP contribution in [0.25, 0.3) is 27.6 Å². The van der Waals surface area contributed by atoms with E-state index in [1.807, 2.05) is 6.20 Å². The third-order valence-corrected chi connectivity index (χ3v) is 5.03. The van der Waals surface area contributed by atoms with Gasteiger partial charge in [-0.1, -0.05) is 85.8 Å². The van der Waals surface area contributed by atoms with E-state index in [1.54, 1.807) is 0 Å². The maximum Gasteiger partial charge on any atom is 0.0743 e. The zero-order chi connectivity index (χ0) is 18.6. The summed E-state index contributed by atoms with van der Waals surface area (Å²) in [5, 5.41) is 1.20. The molecule has 4 rings (SSSR count). The summed E-state index contributed by atoms with van der Waals surface area (Å²) in [4.78, 5) is 4.74. The molecule has 1 nitrogen and oxygen atoms in total. The van der Waals surface area contributed by atoms with Crippen molar-refractivity contribution in [2.75, 3.05) is 0 Å². The molecule has 0 aliphatic rings. The van der Waals surface area contributed by atoms with Crippen molar-refractivity contribution in [3.8, 4) is 11.1 Å². The van der Waals surface area contributed by atoms with Gasteiger partial charge in [-0.25, -0.2) is 0 Å². The van der Waals surface area contributed by atoms with Gasteiger partial charge < -0.3 is 0 Å². The summed E-state index contributed by atoms with van der Waals surface area (Å²) in [5.74, 6) is 0. The van der Waals surface area contributed by atoms with Gasteiger partial charge in [-0.05, 0) is 52.8 Å². The molecule has 0 aliphatic carbocycles. The molecule has 0 aliphatic heterocycles. The molecule has 0 atom stereocenters. The first-order valence-electron chi connectivity index (χ1n) is 9.49. The van der Waals surface area contributed by atoms with Crippen LogP contribution in [-0.4, -0.2) is 4.98 Å². The van der Waals surface area contributed by atoms with Crippen LogP contribution in [0, 0.1) is 6.92 Å². The lowest BCUT2D eigenvalue weighted by atomic mass is 9.90. The molecule has 132 valence electrons. The number of pyridine rings is 1. The van der Waals surface area contributed by atoms with E-state index in [9.17, 15) is 0 Å². The maximum absolute atomic E-state index is 4.74. The first kappa shape index (κ1) is 17.2. The molecule has 1 aromatic heterocycles. The highest BCUT2D eigenvalue weighted by Crippen LogP contribution is 2.34. The van der Waals surface area contributed by atoms with Gasteiger partial charge >= 0.3 is 0 Å². The smallest absolute Gasteiger partial charge is 0.0743 e. The number of allylic oxidation sites excluding steroid dienone is 1. The van der Waals surface area contributed by atoms with Crippen molar-refractivity contribution in [1.29, 1.82) is 0 Å². The molecule has 0 spiro atoms. The zero-order valence-electron chi connectivity index (χ0n) is 15.8. The van der Waals surface area contributed by atoms with Crippen molar-refractivity contribution >= 4 is 16.5 Å². The van der Waals surface area contributed by atoms with Gasteiger partial charge in [0.1, 0.15) is 0 Å². The molecule has 4 aromatic rings. The predicted octanol–water partition coefficient (Wildman–Crippen LogP) is 7.05. The number of hydrogen-bond acceptors (Lipinski definition) is 1. The Morgan fingerprint density at radius 2 is 1.56 bits per heavy atom. The van der Waals surface area contributed by atoms with Gasteiger partial charge in [-0.15, -0.1) is 0 Å². The number of nitrogens with zero attached hydrogens (tertiary/aromatic N) is 1. The second-order valence-corrected chi connectivity index (χ2v) is 6.75. The van der Waals surface area contributed by atoms with Crippen molar-refractivity contribution in [3.05, 3.63) is 108 Å². The number of fused-ring (bicyclic) bond motifs is 1. The second-order valence-electron chi connectivity index (χ2n) is 6.75. The molecule has 0 saturated carbocycles. The van der Waals surface area contributed by atoms with Gasteiger partial charge in [-0.3, -0.25) is 4.98 Å². The Kier molecular flexibility index (Phi) is 4.84. The number of aromatic nitrogens is 1. The first-order chi connectivity index (χ1) is 13.3. The largest absolute Gasteiger partial charge is 0.256 e. The fourth-order valence-corrected chi connectivity index (χ4v) is 3.73. The number of hydrogen-bond donors (Lipinski definition) is 0. The Morgan fingerprint density at radius 1 is 0.852 bits per heavy atom. The third kappa shape index (κ3) is 3.29. The summed E-state index contributed by atoms with van der Waals surface area (Å²) < 4.78 is 0. The van der Waals surface area contributed by atoms with Crippen molar-refractivity contribution in [1.82, 2.24) is 4.98 Å². The van der Waals surface area contributed by atoms with Crippen LogP contribution >= 0.6 is 0 Å². The predicted molar refractivity (Wildman–Crippen MR) is 116 cm³/mol. The summed E-state index contributed by atoms with van der Waals surface area (Å²) in [6.07, 6.45) is 5.23. The standard InChI is InChI=1S/C26H23N/c1-3-10-23(20-11-6-4-7-12-20)22-15-16-25-24(21-13-8-5-9-14-21)17-18-27-26(25)19(22)2/h4-18H,3H2,1-2H3/b23-10-. The zero-order valence-corrected chi connectivity index (χ0v) is 15.8. The molecular formula is C26H23N. The lowest BCUT2D eigenvalue weighted by Crippen LogP contribution is -1.95. The van der Waals surface area contributed by atoms with Gasteiger partial charge in [0.2, 0.25) is 0 Å². The van der Waals surface area contributed by atoms with Crippen molar-refractivity contribution in [2.45, 2.75) is 20.3 Å². The molecule has 3 aromatic carbocycles. The maximum atomic E-state index is 4.74. The molecule has 1 heterocycles. The molecule has 0 fully saturated rings. The van der Waals surface area contributed by atoms with Crippen LogP contribution in [0.3, 0.4) is 0 Å². The Morgan fingerprint density at radius 3 is 2.26 bits per heavy atom. The van der Waals surface area contributed by atoms with Crippen LogP contribution in [0.15, 0.2) is 91.1 Å². The normalized spacial score (nSPS) is 11.7. The minimum atomic E-state index is 0.999. The fraction of sp³-hybridized carbons (Fsp3) is 0.115. The van der Waals surface area contributed by atoms with Crippen LogP contribution in [0.1, 0.15) is 30.0 Å². The average Bonchev–Trinajstić information content (AvgIpc) is 2.74. The lowest BCUT2D eigenvalue weighted by molar-refractivity contribution is 1.22. The summed E-state index contributed by atoms with van der Waals surface area (Å²) in [5.41, 5.74) is 8.56. The Hall–Kier alpha value is -3.19. The molecule has 1 heteroatoms. The van der Waals surface area contributed by atoms with E-state index in [0.29, 0.717) is 0 Å². The van der Waals surface area contributed by atoms with Crippen LogP contribution in [0.5, 0.6) is 0 Å². The highest BCUT2D eigenvalue weighted by atomic mass is 14.7. The van der Waals surface area contributed by atoms with Crippen LogP contribution in [-0.2, 0) is 0 Å². The van der Waals surface area contributed by atoms with Crippen LogP contribution < -0.4 is 0 Å². The summed E-state index contributed by atoms with van der Waals surface area (Å²) in [7, 11) is 0. The van der Waals surface area contributed by atoms with Gasteiger partial charge in [0.05, 0.1) is 5.52 Å². The van der Waals surface area contributed by atoms with E-state index in [0.717, 1.165) is 11.9 Å². The fourth-order valence-electron chi connectivity index (χ4n) is 3.73. The Balaban J connectivity index is 1.92. The summed E-state index contributed by atoms with van der Waals surface area (Å²) in [6.45, 7) is 4.37. The average molecular weight is 349 g/mol. The van der Waals surface area contributed by atoms with E-state index < -0.39 is 0 Å². The molecule has 0 saturated heterocycles. The molecular weight excluding hydrogens is 326 g/mol. The van der Waals surface area contributed by atoms with Crippen molar-refractivity contribution in [3.63, 3.8) is 0 Å². The molecule has 0 bridgehead atoms. The lowest BCUT2D eigenvalue weighted by Gasteiger charge is -2.15. The summed E-state index contributed by atoms with van der Waals surface area (Å²) in [6, 6.07) is 27.7. The van der Waals surface area contributed by atoms with Crippen LogP contribution in [0.4, 0.5) is 0 Å². The van der Waals surface area contributed by atoms with Crippen molar-refractivity contribution in [2.24, 2.45) is 0 Å². The van der Waals surface area contributed by atoms with Gasteiger partial charge in [0.15, 0.2) is 0 Å². The highest BCUT2D eigenvalue weighted by Gasteiger charge is 2.13. The highest BCUT2D eigenvalue weighted by molar-refractivity contribution is 5.99. The van der Waals surface area contributed by atoms with E-state index in [-0.39, 0.29) is 0 Å². The molecule has 27 heavy (non-hydrogen) atoms. The van der Waals surface area contributed by atoms with Crippen LogP contribution in [0.2, 0.25) is 0 Å². The molecule has 0 radical (unpaired) electrons. The Labute approximate surface area is 161 Å². The summed E-state index contributed by atoms with van der Waals surface area (Å²) >= 11 is 0.